The summed E-state index contributed by atoms with van der Waals surface area (Å²) in [5.74, 6) is 0.0857. The number of fused-ring (bicyclic) bond motifs is 1. The number of carboxylic acids is 1. The van der Waals surface area contributed by atoms with Crippen LogP contribution < -0.4 is 4.74 Å². The van der Waals surface area contributed by atoms with Gasteiger partial charge in [-0.05, 0) is 42.2 Å². The van der Waals surface area contributed by atoms with Gasteiger partial charge in [-0.15, -0.1) is 0 Å². The predicted octanol–water partition coefficient (Wildman–Crippen LogP) is 6.37. The number of hydrogen-bond donors (Lipinski definition) is 1. The van der Waals surface area contributed by atoms with Crippen molar-refractivity contribution in [1.82, 2.24) is 0 Å². The van der Waals surface area contributed by atoms with Gasteiger partial charge in [0.15, 0.2) is 0 Å². The molecule has 0 aliphatic rings. The first-order chi connectivity index (χ1) is 12.7. The Morgan fingerprint density at radius 2 is 1.46 bits per heavy atom. The van der Waals surface area contributed by atoms with Crippen LogP contribution in [0.4, 0.5) is 0 Å². The van der Waals surface area contributed by atoms with Crippen LogP contribution in [0.15, 0.2) is 54.6 Å². The molecule has 0 radical (unpaired) electrons. The summed E-state index contributed by atoms with van der Waals surface area (Å²) in [6, 6.07) is 14.6. The minimum Gasteiger partial charge on any atom is -0.494 e. The van der Waals surface area contributed by atoms with Gasteiger partial charge in [0.2, 0.25) is 0 Å². The molecular weight excluding hydrogens is 324 g/mol. The standard InChI is InChI=1S/C23H30O3/c1-19(23(24)25)12-8-6-4-2-3-5-7-11-17-26-22-16-15-20-13-9-10-14-21(20)18-22/h9-10,13-16,18H,1-8,11-12,17H2,(H,24,25). The van der Waals surface area contributed by atoms with Crippen LogP contribution >= 0.6 is 0 Å². The molecular formula is C23H30O3. The Morgan fingerprint density at radius 3 is 2.15 bits per heavy atom. The molecule has 0 amide bonds. The summed E-state index contributed by atoms with van der Waals surface area (Å²) in [6.45, 7) is 4.33. The Hall–Kier alpha value is -2.29. The van der Waals surface area contributed by atoms with Crippen LogP contribution in [0.25, 0.3) is 10.8 Å². The first-order valence-corrected chi connectivity index (χ1v) is 9.69. The van der Waals surface area contributed by atoms with E-state index in [0.717, 1.165) is 31.6 Å². The molecule has 0 unspecified atom stereocenters. The third-order valence-corrected chi connectivity index (χ3v) is 4.67. The third-order valence-electron chi connectivity index (χ3n) is 4.67. The molecule has 0 bridgehead atoms. The van der Waals surface area contributed by atoms with Crippen molar-refractivity contribution in [1.29, 1.82) is 0 Å². The molecule has 26 heavy (non-hydrogen) atoms. The van der Waals surface area contributed by atoms with Gasteiger partial charge in [-0.2, -0.15) is 0 Å². The largest absolute Gasteiger partial charge is 0.494 e. The molecule has 0 heterocycles. The fraction of sp³-hybridized carbons (Fsp3) is 0.435. The number of unbranched alkanes of at least 4 members (excludes halogenated alkanes) is 7. The third kappa shape index (κ3) is 7.30. The molecule has 0 aliphatic heterocycles. The molecule has 0 fully saturated rings. The van der Waals surface area contributed by atoms with Crippen molar-refractivity contribution in [2.45, 2.75) is 57.8 Å². The maximum Gasteiger partial charge on any atom is 0.330 e. The number of carboxylic acid groups (broad SMARTS) is 1. The fourth-order valence-corrected chi connectivity index (χ4v) is 3.06. The number of rotatable bonds is 13. The molecule has 3 heteroatoms. The van der Waals surface area contributed by atoms with Gasteiger partial charge in [-0.1, -0.05) is 75.4 Å². The van der Waals surface area contributed by atoms with Gasteiger partial charge < -0.3 is 9.84 Å². The highest BCUT2D eigenvalue weighted by Gasteiger charge is 2.02. The highest BCUT2D eigenvalue weighted by atomic mass is 16.5. The zero-order chi connectivity index (χ0) is 18.6. The highest BCUT2D eigenvalue weighted by Crippen LogP contribution is 2.21. The first-order valence-electron chi connectivity index (χ1n) is 9.69. The smallest absolute Gasteiger partial charge is 0.330 e. The normalized spacial score (nSPS) is 10.8. The van der Waals surface area contributed by atoms with Gasteiger partial charge in [0, 0.05) is 5.57 Å². The minimum atomic E-state index is -0.865. The summed E-state index contributed by atoms with van der Waals surface area (Å²) >= 11 is 0. The summed E-state index contributed by atoms with van der Waals surface area (Å²) in [7, 11) is 0. The Morgan fingerprint density at radius 1 is 0.846 bits per heavy atom. The van der Waals surface area contributed by atoms with E-state index < -0.39 is 5.97 Å². The summed E-state index contributed by atoms with van der Waals surface area (Å²) < 4.78 is 5.86. The molecule has 2 aromatic carbocycles. The fourth-order valence-electron chi connectivity index (χ4n) is 3.06. The van der Waals surface area contributed by atoms with Crippen LogP contribution in [0.1, 0.15) is 57.8 Å². The zero-order valence-corrected chi connectivity index (χ0v) is 15.6. The van der Waals surface area contributed by atoms with Gasteiger partial charge >= 0.3 is 5.97 Å². The number of hydrogen-bond acceptors (Lipinski definition) is 2. The predicted molar refractivity (Wildman–Crippen MR) is 108 cm³/mol. The van der Waals surface area contributed by atoms with Crippen LogP contribution in [-0.2, 0) is 4.79 Å². The van der Waals surface area contributed by atoms with E-state index in [1.54, 1.807) is 0 Å². The van der Waals surface area contributed by atoms with Gasteiger partial charge in [-0.25, -0.2) is 4.79 Å². The van der Waals surface area contributed by atoms with E-state index >= 15 is 0 Å². The molecule has 0 saturated carbocycles. The van der Waals surface area contributed by atoms with E-state index in [4.69, 9.17) is 9.84 Å². The Bertz CT molecular complexity index is 705. The number of benzene rings is 2. The molecule has 140 valence electrons. The molecule has 2 rings (SSSR count). The highest BCUT2D eigenvalue weighted by molar-refractivity contribution is 5.85. The summed E-state index contributed by atoms with van der Waals surface area (Å²) in [5, 5.41) is 11.2. The van der Waals surface area contributed by atoms with E-state index in [9.17, 15) is 4.79 Å². The van der Waals surface area contributed by atoms with E-state index in [-0.39, 0.29) is 0 Å². The molecule has 0 spiro atoms. The van der Waals surface area contributed by atoms with E-state index in [2.05, 4.69) is 43.0 Å². The second-order valence-electron chi connectivity index (χ2n) is 6.84. The van der Waals surface area contributed by atoms with Gasteiger partial charge in [0.05, 0.1) is 6.61 Å². The topological polar surface area (TPSA) is 46.5 Å². The maximum absolute atomic E-state index is 10.6. The Balaban J connectivity index is 1.45. The van der Waals surface area contributed by atoms with Gasteiger partial charge in [0.1, 0.15) is 5.75 Å². The number of aliphatic carboxylic acids is 1. The van der Waals surface area contributed by atoms with Crippen LogP contribution in [0.5, 0.6) is 5.75 Å². The van der Waals surface area contributed by atoms with Crippen LogP contribution in [0, 0.1) is 0 Å². The summed E-state index contributed by atoms with van der Waals surface area (Å²) in [5.41, 5.74) is 0.330. The lowest BCUT2D eigenvalue weighted by Crippen LogP contribution is -1.98. The maximum atomic E-state index is 10.6. The number of ether oxygens (including phenoxy) is 1. The molecule has 0 atom stereocenters. The van der Waals surface area contributed by atoms with Crippen molar-refractivity contribution in [3.63, 3.8) is 0 Å². The first kappa shape index (κ1) is 20.0. The Labute approximate surface area is 156 Å². The molecule has 3 nitrogen and oxygen atoms in total. The average Bonchev–Trinajstić information content (AvgIpc) is 2.65. The van der Waals surface area contributed by atoms with Crippen molar-refractivity contribution in [2.24, 2.45) is 0 Å². The Kier molecular flexibility index (Phi) is 8.74. The summed E-state index contributed by atoms with van der Waals surface area (Å²) in [6.07, 6.45) is 9.82. The van der Waals surface area contributed by atoms with Crippen molar-refractivity contribution in [3.05, 3.63) is 54.6 Å². The van der Waals surface area contributed by atoms with Crippen molar-refractivity contribution in [3.8, 4) is 5.75 Å². The van der Waals surface area contributed by atoms with E-state index in [1.165, 1.54) is 42.9 Å². The average molecular weight is 354 g/mol. The van der Waals surface area contributed by atoms with E-state index in [0.29, 0.717) is 12.0 Å². The zero-order valence-electron chi connectivity index (χ0n) is 15.6. The van der Waals surface area contributed by atoms with Crippen LogP contribution in [0.2, 0.25) is 0 Å². The molecule has 0 aromatic heterocycles. The summed E-state index contributed by atoms with van der Waals surface area (Å²) in [4.78, 5) is 10.6. The van der Waals surface area contributed by atoms with Crippen LogP contribution in [0.3, 0.4) is 0 Å². The lowest BCUT2D eigenvalue weighted by atomic mass is 10.0. The molecule has 1 N–H and O–H groups in total. The van der Waals surface area contributed by atoms with Crippen LogP contribution in [-0.4, -0.2) is 17.7 Å². The molecule has 0 aliphatic carbocycles. The van der Waals surface area contributed by atoms with Crippen molar-refractivity contribution in [2.75, 3.05) is 6.61 Å². The SMILES string of the molecule is C=C(CCCCCCCCCCOc1ccc2ccccc2c1)C(=O)O. The van der Waals surface area contributed by atoms with Gasteiger partial charge in [0.25, 0.3) is 0 Å². The lowest BCUT2D eigenvalue weighted by Gasteiger charge is -2.07. The number of carbonyl (C=O) groups is 1. The van der Waals surface area contributed by atoms with Crippen molar-refractivity contribution < 1.29 is 14.6 Å². The monoisotopic (exact) mass is 354 g/mol. The minimum absolute atomic E-state index is 0.330. The lowest BCUT2D eigenvalue weighted by molar-refractivity contribution is -0.132. The second-order valence-corrected chi connectivity index (χ2v) is 6.84. The van der Waals surface area contributed by atoms with Gasteiger partial charge in [-0.3, -0.25) is 0 Å². The van der Waals surface area contributed by atoms with Crippen molar-refractivity contribution >= 4 is 16.7 Å². The quantitative estimate of drug-likeness (QED) is 0.336. The molecule has 2 aromatic rings. The molecule has 0 saturated heterocycles. The van der Waals surface area contributed by atoms with E-state index in [1.807, 2.05) is 6.07 Å². The second kappa shape index (κ2) is 11.3.